The lowest BCUT2D eigenvalue weighted by Crippen LogP contribution is -1.94. The molecular formula is C10H12N2O. The van der Waals surface area contributed by atoms with Gasteiger partial charge in [-0.3, -0.25) is 4.40 Å². The zero-order valence-corrected chi connectivity index (χ0v) is 7.73. The molecule has 0 bridgehead atoms. The third kappa shape index (κ3) is 1.16. The van der Waals surface area contributed by atoms with Crippen molar-refractivity contribution >= 4 is 5.65 Å². The Morgan fingerprint density at radius 2 is 2.15 bits per heavy atom. The van der Waals surface area contributed by atoms with E-state index in [1.54, 1.807) is 0 Å². The minimum absolute atomic E-state index is 0.140. The average Bonchev–Trinajstić information content (AvgIpc) is 2.39. The van der Waals surface area contributed by atoms with E-state index in [4.69, 9.17) is 0 Å². The van der Waals surface area contributed by atoms with Crippen molar-refractivity contribution in [3.8, 4) is 5.88 Å². The summed E-state index contributed by atoms with van der Waals surface area (Å²) >= 11 is 0. The van der Waals surface area contributed by atoms with E-state index in [0.717, 1.165) is 11.3 Å². The van der Waals surface area contributed by atoms with Gasteiger partial charge in [0.1, 0.15) is 5.65 Å². The molecule has 0 radical (unpaired) electrons. The van der Waals surface area contributed by atoms with Crippen molar-refractivity contribution in [2.45, 2.75) is 19.8 Å². The molecule has 0 aliphatic rings. The van der Waals surface area contributed by atoms with Gasteiger partial charge in [-0.05, 0) is 18.1 Å². The lowest BCUT2D eigenvalue weighted by molar-refractivity contribution is 0.446. The maximum Gasteiger partial charge on any atom is 0.233 e. The maximum absolute atomic E-state index is 9.57. The minimum atomic E-state index is 0.140. The Bertz CT molecular complexity index is 431. The van der Waals surface area contributed by atoms with Gasteiger partial charge in [-0.2, -0.15) is 4.98 Å². The first-order valence-corrected chi connectivity index (χ1v) is 4.36. The van der Waals surface area contributed by atoms with Crippen LogP contribution in [0.15, 0.2) is 24.4 Å². The Labute approximate surface area is 76.7 Å². The van der Waals surface area contributed by atoms with Crippen LogP contribution in [0.2, 0.25) is 0 Å². The highest BCUT2D eigenvalue weighted by atomic mass is 16.3. The third-order valence-corrected chi connectivity index (χ3v) is 2.09. The molecule has 13 heavy (non-hydrogen) atoms. The van der Waals surface area contributed by atoms with E-state index in [2.05, 4.69) is 4.98 Å². The molecule has 0 aromatic carbocycles. The van der Waals surface area contributed by atoms with Gasteiger partial charge in [0.25, 0.3) is 0 Å². The zero-order chi connectivity index (χ0) is 9.42. The molecule has 0 aliphatic carbocycles. The van der Waals surface area contributed by atoms with Crippen molar-refractivity contribution in [2.75, 3.05) is 0 Å². The predicted octanol–water partition coefficient (Wildman–Crippen LogP) is 2.16. The average molecular weight is 176 g/mol. The second kappa shape index (κ2) is 2.76. The van der Waals surface area contributed by atoms with E-state index < -0.39 is 0 Å². The molecule has 2 aromatic rings. The molecule has 0 saturated heterocycles. The van der Waals surface area contributed by atoms with Crippen LogP contribution in [-0.2, 0) is 0 Å². The van der Waals surface area contributed by atoms with Crippen molar-refractivity contribution in [1.29, 1.82) is 0 Å². The van der Waals surface area contributed by atoms with Crippen LogP contribution in [0, 0.1) is 0 Å². The molecule has 0 amide bonds. The maximum atomic E-state index is 9.57. The lowest BCUT2D eigenvalue weighted by atomic mass is 10.1. The largest absolute Gasteiger partial charge is 0.492 e. The molecule has 0 unspecified atom stereocenters. The Morgan fingerprint density at radius 3 is 2.85 bits per heavy atom. The summed E-state index contributed by atoms with van der Waals surface area (Å²) in [5.74, 6) is 0.415. The van der Waals surface area contributed by atoms with Crippen LogP contribution < -0.4 is 0 Å². The summed E-state index contributed by atoms with van der Waals surface area (Å²) < 4.78 is 1.92. The monoisotopic (exact) mass is 176 g/mol. The number of aromatic nitrogens is 2. The van der Waals surface area contributed by atoms with Gasteiger partial charge < -0.3 is 5.11 Å². The number of hydrogen-bond acceptors (Lipinski definition) is 2. The Hall–Kier alpha value is -1.51. The number of aromatic hydroxyl groups is 1. The molecule has 0 spiro atoms. The summed E-state index contributed by atoms with van der Waals surface area (Å²) in [6, 6.07) is 5.72. The Morgan fingerprint density at radius 1 is 1.38 bits per heavy atom. The zero-order valence-electron chi connectivity index (χ0n) is 7.73. The van der Waals surface area contributed by atoms with Crippen molar-refractivity contribution in [3.05, 3.63) is 30.1 Å². The minimum Gasteiger partial charge on any atom is -0.492 e. The fraction of sp³-hybridized carbons (Fsp3) is 0.300. The van der Waals surface area contributed by atoms with E-state index in [1.807, 2.05) is 42.6 Å². The van der Waals surface area contributed by atoms with E-state index in [9.17, 15) is 5.11 Å². The van der Waals surface area contributed by atoms with Crippen LogP contribution in [0.5, 0.6) is 5.88 Å². The SMILES string of the molecule is CC(C)c1c(O)nc2ccccn12. The number of pyridine rings is 1. The first-order valence-electron chi connectivity index (χ1n) is 4.36. The second-order valence-corrected chi connectivity index (χ2v) is 3.40. The smallest absolute Gasteiger partial charge is 0.233 e. The summed E-state index contributed by atoms with van der Waals surface area (Å²) in [4.78, 5) is 4.05. The van der Waals surface area contributed by atoms with Gasteiger partial charge in [0.15, 0.2) is 0 Å². The van der Waals surface area contributed by atoms with Gasteiger partial charge >= 0.3 is 0 Å². The molecule has 2 heterocycles. The summed E-state index contributed by atoms with van der Waals surface area (Å²) in [7, 11) is 0. The van der Waals surface area contributed by atoms with E-state index >= 15 is 0 Å². The molecular weight excluding hydrogens is 164 g/mol. The van der Waals surface area contributed by atoms with Crippen molar-refractivity contribution in [2.24, 2.45) is 0 Å². The van der Waals surface area contributed by atoms with Gasteiger partial charge in [-0.15, -0.1) is 0 Å². The van der Waals surface area contributed by atoms with E-state index in [-0.39, 0.29) is 11.8 Å². The van der Waals surface area contributed by atoms with Crippen molar-refractivity contribution < 1.29 is 5.11 Å². The van der Waals surface area contributed by atoms with Crippen LogP contribution in [0.25, 0.3) is 5.65 Å². The fourth-order valence-corrected chi connectivity index (χ4v) is 1.54. The van der Waals surface area contributed by atoms with Gasteiger partial charge in [-0.25, -0.2) is 0 Å². The topological polar surface area (TPSA) is 37.5 Å². The van der Waals surface area contributed by atoms with Crippen LogP contribution >= 0.6 is 0 Å². The van der Waals surface area contributed by atoms with Gasteiger partial charge in [0.2, 0.25) is 5.88 Å². The molecule has 3 heteroatoms. The number of nitrogens with zero attached hydrogens (tertiary/aromatic N) is 2. The van der Waals surface area contributed by atoms with Crippen molar-refractivity contribution in [3.63, 3.8) is 0 Å². The Balaban J connectivity index is 2.78. The number of imidazole rings is 1. The van der Waals surface area contributed by atoms with Crippen LogP contribution in [0.1, 0.15) is 25.5 Å². The molecule has 0 atom stereocenters. The molecule has 3 nitrogen and oxygen atoms in total. The standard InChI is InChI=1S/C10H12N2O/c1-7(2)9-10(13)11-8-5-3-4-6-12(8)9/h3-7,13H,1-2H3. The highest BCUT2D eigenvalue weighted by Gasteiger charge is 2.13. The number of rotatable bonds is 1. The molecule has 2 aromatic heterocycles. The summed E-state index contributed by atoms with van der Waals surface area (Å²) in [6.45, 7) is 4.08. The van der Waals surface area contributed by atoms with Gasteiger partial charge in [0.05, 0.1) is 5.69 Å². The van der Waals surface area contributed by atoms with Gasteiger partial charge in [0, 0.05) is 6.20 Å². The quantitative estimate of drug-likeness (QED) is 0.723. The molecule has 0 saturated carbocycles. The van der Waals surface area contributed by atoms with Crippen LogP contribution in [0.4, 0.5) is 0 Å². The summed E-state index contributed by atoms with van der Waals surface area (Å²) in [5.41, 5.74) is 1.67. The normalized spacial score (nSPS) is 11.3. The van der Waals surface area contributed by atoms with Crippen LogP contribution in [-0.4, -0.2) is 14.5 Å². The molecule has 1 N–H and O–H groups in total. The van der Waals surface area contributed by atoms with Crippen molar-refractivity contribution in [1.82, 2.24) is 9.38 Å². The number of hydrogen-bond donors (Lipinski definition) is 1. The van der Waals surface area contributed by atoms with Gasteiger partial charge in [-0.1, -0.05) is 19.9 Å². The first kappa shape index (κ1) is 8.10. The summed E-state index contributed by atoms with van der Waals surface area (Å²) in [6.07, 6.45) is 1.91. The fourth-order valence-electron chi connectivity index (χ4n) is 1.54. The number of fused-ring (bicyclic) bond motifs is 1. The molecule has 0 fully saturated rings. The second-order valence-electron chi connectivity index (χ2n) is 3.40. The predicted molar refractivity (Wildman–Crippen MR) is 50.9 cm³/mol. The first-order chi connectivity index (χ1) is 6.20. The molecule has 0 aliphatic heterocycles. The molecule has 2 rings (SSSR count). The van der Waals surface area contributed by atoms with Crippen LogP contribution in [0.3, 0.4) is 0 Å². The van der Waals surface area contributed by atoms with E-state index in [1.165, 1.54) is 0 Å². The summed E-state index contributed by atoms with van der Waals surface area (Å²) in [5, 5.41) is 9.57. The van der Waals surface area contributed by atoms with E-state index in [0.29, 0.717) is 0 Å². The Kier molecular flexibility index (Phi) is 1.72. The third-order valence-electron chi connectivity index (χ3n) is 2.09. The highest BCUT2D eigenvalue weighted by Crippen LogP contribution is 2.25. The molecule has 68 valence electrons. The lowest BCUT2D eigenvalue weighted by Gasteiger charge is -2.03. The highest BCUT2D eigenvalue weighted by molar-refractivity contribution is 5.45.